The van der Waals surface area contributed by atoms with Crippen LogP contribution >= 0.6 is 0 Å². The molecule has 1 amide bonds. The second-order valence-electron chi connectivity index (χ2n) is 5.36. The van der Waals surface area contributed by atoms with Crippen molar-refractivity contribution in [3.8, 4) is 0 Å². The van der Waals surface area contributed by atoms with Crippen molar-refractivity contribution in [3.05, 3.63) is 53.9 Å². The monoisotopic (exact) mass is 331 g/mol. The van der Waals surface area contributed by atoms with Gasteiger partial charge < -0.3 is 10.3 Å². The van der Waals surface area contributed by atoms with Crippen LogP contribution in [0.4, 0.5) is 5.69 Å². The van der Waals surface area contributed by atoms with Crippen LogP contribution in [0.5, 0.6) is 0 Å². The predicted octanol–water partition coefficient (Wildman–Crippen LogP) is 1.74. The number of para-hydroxylation sites is 1. The molecule has 1 aliphatic heterocycles. The molecule has 120 valence electrons. The summed E-state index contributed by atoms with van der Waals surface area (Å²) in [6, 6.07) is 8.64. The molecule has 2 aromatic rings. The Bertz CT molecular complexity index is 897. The Hall–Kier alpha value is -2.54. The molecule has 23 heavy (non-hydrogen) atoms. The predicted molar refractivity (Wildman–Crippen MR) is 88.6 cm³/mol. The average Bonchev–Trinajstić information content (AvgIpc) is 2.78. The van der Waals surface area contributed by atoms with Gasteiger partial charge in [0.25, 0.3) is 15.9 Å². The number of carbonyl (C=O) groups excluding carboxylic acids is 1. The number of primary amides is 1. The van der Waals surface area contributed by atoms with E-state index in [0.717, 1.165) is 5.56 Å². The lowest BCUT2D eigenvalue weighted by molar-refractivity contribution is 0.0992. The van der Waals surface area contributed by atoms with Gasteiger partial charge in [0.1, 0.15) is 10.6 Å². The van der Waals surface area contributed by atoms with Crippen LogP contribution in [0.2, 0.25) is 0 Å². The van der Waals surface area contributed by atoms with E-state index in [0.29, 0.717) is 18.7 Å². The molecule has 7 heteroatoms. The van der Waals surface area contributed by atoms with Crippen molar-refractivity contribution in [1.82, 2.24) is 4.57 Å². The van der Waals surface area contributed by atoms with Crippen molar-refractivity contribution in [2.24, 2.45) is 12.8 Å². The summed E-state index contributed by atoms with van der Waals surface area (Å²) in [4.78, 5) is 11.4. The van der Waals surface area contributed by atoms with Crippen LogP contribution in [0, 0.1) is 0 Å². The summed E-state index contributed by atoms with van der Waals surface area (Å²) in [6.07, 6.45) is 5.90. The lowest BCUT2D eigenvalue weighted by Gasteiger charge is -2.23. The van der Waals surface area contributed by atoms with Gasteiger partial charge in [-0.2, -0.15) is 0 Å². The molecule has 1 aromatic heterocycles. The van der Waals surface area contributed by atoms with Crippen molar-refractivity contribution < 1.29 is 13.2 Å². The average molecular weight is 331 g/mol. The van der Waals surface area contributed by atoms with Gasteiger partial charge >= 0.3 is 0 Å². The molecule has 0 saturated carbocycles. The van der Waals surface area contributed by atoms with E-state index in [1.807, 2.05) is 24.3 Å². The fourth-order valence-electron chi connectivity index (χ4n) is 2.68. The minimum atomic E-state index is -3.77. The van der Waals surface area contributed by atoms with E-state index < -0.39 is 15.9 Å². The summed E-state index contributed by atoms with van der Waals surface area (Å²) in [5.74, 6) is -0.660. The quantitative estimate of drug-likeness (QED) is 0.929. The Kier molecular flexibility index (Phi) is 3.73. The van der Waals surface area contributed by atoms with Crippen LogP contribution in [0.25, 0.3) is 6.08 Å². The molecule has 0 bridgehead atoms. The lowest BCUT2D eigenvalue weighted by atomic mass is 10.2. The third-order valence-corrected chi connectivity index (χ3v) is 5.60. The number of anilines is 1. The summed E-state index contributed by atoms with van der Waals surface area (Å²) in [5, 5.41) is 0. The maximum absolute atomic E-state index is 13.0. The molecule has 0 spiro atoms. The maximum Gasteiger partial charge on any atom is 0.265 e. The number of sulfonamides is 1. The van der Waals surface area contributed by atoms with E-state index in [1.54, 1.807) is 19.2 Å². The second-order valence-corrected chi connectivity index (χ2v) is 7.23. The molecule has 2 N–H and O–H groups in total. The molecule has 0 saturated heterocycles. The van der Waals surface area contributed by atoms with Crippen molar-refractivity contribution >= 4 is 27.7 Å². The molecule has 0 radical (unpaired) electrons. The number of rotatable bonds is 3. The molecule has 6 nitrogen and oxygen atoms in total. The number of aryl methyl sites for hydroxylation is 1. The topological polar surface area (TPSA) is 85.4 Å². The lowest BCUT2D eigenvalue weighted by Crippen LogP contribution is -2.31. The zero-order valence-corrected chi connectivity index (χ0v) is 13.5. The first-order valence-corrected chi connectivity index (χ1v) is 8.60. The number of fused-ring (bicyclic) bond motifs is 1. The molecule has 1 aliphatic rings. The van der Waals surface area contributed by atoms with Crippen molar-refractivity contribution in [3.63, 3.8) is 0 Å². The van der Waals surface area contributed by atoms with Gasteiger partial charge in [0.15, 0.2) is 0 Å². The first kappa shape index (κ1) is 15.4. The highest BCUT2D eigenvalue weighted by molar-refractivity contribution is 7.92. The Morgan fingerprint density at radius 3 is 2.70 bits per heavy atom. The molecule has 0 unspecified atom stereocenters. The summed E-state index contributed by atoms with van der Waals surface area (Å²) >= 11 is 0. The van der Waals surface area contributed by atoms with E-state index in [9.17, 15) is 13.2 Å². The maximum atomic E-state index is 13.0. The molecule has 0 atom stereocenters. The highest BCUT2D eigenvalue weighted by atomic mass is 32.2. The Labute approximate surface area is 134 Å². The molecular formula is C16H17N3O3S. The fourth-order valence-corrected chi connectivity index (χ4v) is 4.25. The van der Waals surface area contributed by atoms with Crippen molar-refractivity contribution in [1.29, 1.82) is 0 Å². The molecule has 0 fully saturated rings. The number of aromatic nitrogens is 1. The van der Waals surface area contributed by atoms with Gasteiger partial charge in [-0.3, -0.25) is 9.10 Å². The van der Waals surface area contributed by atoms with Gasteiger partial charge in [-0.25, -0.2) is 8.42 Å². The second kappa shape index (κ2) is 5.58. The van der Waals surface area contributed by atoms with Gasteiger partial charge in [0, 0.05) is 19.8 Å². The SMILES string of the molecule is Cn1cc(S(=O)(=O)N2CCC=Cc3ccccc32)cc1C(N)=O. The van der Waals surface area contributed by atoms with Crippen LogP contribution in [-0.2, 0) is 17.1 Å². The smallest absolute Gasteiger partial charge is 0.265 e. The first-order chi connectivity index (χ1) is 10.9. The number of benzene rings is 1. The largest absolute Gasteiger partial charge is 0.364 e. The van der Waals surface area contributed by atoms with E-state index in [-0.39, 0.29) is 10.6 Å². The number of amides is 1. The van der Waals surface area contributed by atoms with E-state index in [4.69, 9.17) is 5.73 Å². The zero-order chi connectivity index (χ0) is 16.6. The van der Waals surface area contributed by atoms with E-state index >= 15 is 0 Å². The normalized spacial score (nSPS) is 14.4. The van der Waals surface area contributed by atoms with Gasteiger partial charge in [0.2, 0.25) is 0 Å². The number of nitrogens with two attached hydrogens (primary N) is 1. The molecule has 0 aliphatic carbocycles. The van der Waals surface area contributed by atoms with Crippen LogP contribution in [0.15, 0.2) is 47.5 Å². The Morgan fingerprint density at radius 2 is 2.00 bits per heavy atom. The first-order valence-electron chi connectivity index (χ1n) is 7.16. The molecule has 3 rings (SSSR count). The summed E-state index contributed by atoms with van der Waals surface area (Å²) in [6.45, 7) is 0.344. The Balaban J connectivity index is 2.11. The molecular weight excluding hydrogens is 314 g/mol. The van der Waals surface area contributed by atoms with Crippen LogP contribution < -0.4 is 10.0 Å². The van der Waals surface area contributed by atoms with Gasteiger partial charge in [-0.05, 0) is 24.1 Å². The summed E-state index contributed by atoms with van der Waals surface area (Å²) in [5.41, 5.74) is 6.91. The zero-order valence-electron chi connectivity index (χ0n) is 12.6. The fraction of sp³-hybridized carbons (Fsp3) is 0.188. The van der Waals surface area contributed by atoms with Gasteiger partial charge in [-0.15, -0.1) is 0 Å². The number of hydrogen-bond acceptors (Lipinski definition) is 3. The highest BCUT2D eigenvalue weighted by Crippen LogP contribution is 2.30. The Morgan fingerprint density at radius 1 is 1.26 bits per heavy atom. The molecule has 1 aromatic carbocycles. The van der Waals surface area contributed by atoms with E-state index in [1.165, 1.54) is 21.1 Å². The third-order valence-electron chi connectivity index (χ3n) is 3.82. The minimum absolute atomic E-state index is 0.0607. The van der Waals surface area contributed by atoms with Crippen molar-refractivity contribution in [2.45, 2.75) is 11.3 Å². The van der Waals surface area contributed by atoms with Crippen LogP contribution in [-0.4, -0.2) is 25.4 Å². The van der Waals surface area contributed by atoms with Crippen molar-refractivity contribution in [2.75, 3.05) is 10.8 Å². The number of hydrogen-bond donors (Lipinski definition) is 1. The summed E-state index contributed by atoms with van der Waals surface area (Å²) < 4.78 is 28.9. The minimum Gasteiger partial charge on any atom is -0.364 e. The molecule has 2 heterocycles. The third kappa shape index (κ3) is 2.63. The standard InChI is InChI=1S/C16H17N3O3S/c1-18-11-13(10-15(18)16(17)20)23(21,22)19-9-5-4-7-12-6-2-3-8-14(12)19/h2-4,6-8,10-11H,5,9H2,1H3,(H2,17,20). The number of nitrogens with zero attached hydrogens (tertiary/aromatic N) is 2. The van der Waals surface area contributed by atoms with Crippen LogP contribution in [0.1, 0.15) is 22.5 Å². The highest BCUT2D eigenvalue weighted by Gasteiger charge is 2.28. The van der Waals surface area contributed by atoms with Gasteiger partial charge in [0.05, 0.1) is 5.69 Å². The number of carbonyl (C=O) groups is 1. The summed E-state index contributed by atoms with van der Waals surface area (Å²) in [7, 11) is -2.17. The van der Waals surface area contributed by atoms with E-state index in [2.05, 4.69) is 0 Å². The van der Waals surface area contributed by atoms with Crippen LogP contribution in [0.3, 0.4) is 0 Å². The van der Waals surface area contributed by atoms with Gasteiger partial charge in [-0.1, -0.05) is 30.4 Å².